The molecule has 2 aromatic carbocycles. The van der Waals surface area contributed by atoms with E-state index in [2.05, 4.69) is 37.9 Å². The largest absolute Gasteiger partial charge is 0.461 e. The van der Waals surface area contributed by atoms with E-state index in [1.54, 1.807) is 6.92 Å². The maximum absolute atomic E-state index is 12.4. The third kappa shape index (κ3) is 3.69. The van der Waals surface area contributed by atoms with Crippen molar-refractivity contribution in [1.82, 2.24) is 4.98 Å². The monoisotopic (exact) mass is 349 g/mol. The molecular weight excluding hydrogens is 326 g/mol. The van der Waals surface area contributed by atoms with E-state index in [9.17, 15) is 4.79 Å². The van der Waals surface area contributed by atoms with E-state index >= 15 is 0 Å². The van der Waals surface area contributed by atoms with Gasteiger partial charge in [0.15, 0.2) is 11.5 Å². The summed E-state index contributed by atoms with van der Waals surface area (Å²) in [6, 6.07) is 17.5. The Labute approximate surface area is 153 Å². The number of rotatable bonds is 4. The summed E-state index contributed by atoms with van der Waals surface area (Å²) in [6.45, 7) is 8.54. The van der Waals surface area contributed by atoms with Gasteiger partial charge in [0.25, 0.3) is 0 Å². The highest BCUT2D eigenvalue weighted by Gasteiger charge is 2.24. The Morgan fingerprint density at radius 1 is 1.00 bits per heavy atom. The van der Waals surface area contributed by atoms with Crippen molar-refractivity contribution in [2.75, 3.05) is 6.61 Å². The van der Waals surface area contributed by atoms with Crippen LogP contribution in [0.4, 0.5) is 0 Å². The van der Waals surface area contributed by atoms with Gasteiger partial charge in [0.05, 0.1) is 6.61 Å². The van der Waals surface area contributed by atoms with Gasteiger partial charge >= 0.3 is 5.97 Å². The van der Waals surface area contributed by atoms with Crippen molar-refractivity contribution in [3.8, 4) is 22.8 Å². The zero-order valence-electron chi connectivity index (χ0n) is 15.6. The summed E-state index contributed by atoms with van der Waals surface area (Å²) in [7, 11) is 0. The SMILES string of the molecule is CCOC(=O)c1nc(-c2ccccc2)oc1-c1ccc(C(C)(C)C)cc1. The molecule has 0 spiro atoms. The topological polar surface area (TPSA) is 52.3 Å². The third-order valence-electron chi connectivity index (χ3n) is 4.13. The van der Waals surface area contributed by atoms with Gasteiger partial charge in [-0.3, -0.25) is 0 Å². The maximum atomic E-state index is 12.4. The summed E-state index contributed by atoms with van der Waals surface area (Å²) in [6.07, 6.45) is 0. The molecule has 0 N–H and O–H groups in total. The lowest BCUT2D eigenvalue weighted by Crippen LogP contribution is -2.10. The predicted molar refractivity (Wildman–Crippen MR) is 102 cm³/mol. The average Bonchev–Trinajstić information content (AvgIpc) is 3.07. The summed E-state index contributed by atoms with van der Waals surface area (Å²) >= 11 is 0. The summed E-state index contributed by atoms with van der Waals surface area (Å²) in [5.74, 6) is 0.361. The fraction of sp³-hybridized carbons (Fsp3) is 0.273. The third-order valence-corrected chi connectivity index (χ3v) is 4.13. The molecule has 0 aliphatic rings. The summed E-state index contributed by atoms with van der Waals surface area (Å²) < 4.78 is 11.1. The first kappa shape index (κ1) is 17.9. The molecule has 0 atom stereocenters. The van der Waals surface area contributed by atoms with Gasteiger partial charge in [0.2, 0.25) is 5.89 Å². The molecule has 0 unspecified atom stereocenters. The lowest BCUT2D eigenvalue weighted by molar-refractivity contribution is 0.0520. The zero-order valence-corrected chi connectivity index (χ0v) is 15.6. The van der Waals surface area contributed by atoms with E-state index in [1.165, 1.54) is 5.56 Å². The van der Waals surface area contributed by atoms with Gasteiger partial charge in [-0.2, -0.15) is 0 Å². The highest BCUT2D eigenvalue weighted by molar-refractivity contribution is 5.94. The highest BCUT2D eigenvalue weighted by Crippen LogP contribution is 2.32. The van der Waals surface area contributed by atoms with Crippen molar-refractivity contribution in [2.24, 2.45) is 0 Å². The summed E-state index contributed by atoms with van der Waals surface area (Å²) in [5, 5.41) is 0. The Balaban J connectivity index is 2.07. The van der Waals surface area contributed by atoms with Crippen LogP contribution in [0.2, 0.25) is 0 Å². The molecule has 26 heavy (non-hydrogen) atoms. The molecule has 4 nitrogen and oxygen atoms in total. The van der Waals surface area contributed by atoms with Crippen molar-refractivity contribution in [1.29, 1.82) is 0 Å². The molecular formula is C22H23NO3. The van der Waals surface area contributed by atoms with E-state index in [4.69, 9.17) is 9.15 Å². The fourth-order valence-electron chi connectivity index (χ4n) is 2.68. The molecule has 0 amide bonds. The minimum atomic E-state index is -0.478. The smallest absolute Gasteiger partial charge is 0.361 e. The molecule has 0 bridgehead atoms. The molecule has 134 valence electrons. The second-order valence-electron chi connectivity index (χ2n) is 7.11. The van der Waals surface area contributed by atoms with Crippen LogP contribution >= 0.6 is 0 Å². The standard InChI is InChI=1S/C22H23NO3/c1-5-25-21(24)18-19(15-11-13-17(14-12-15)22(2,3)4)26-20(23-18)16-9-7-6-8-10-16/h6-14H,5H2,1-4H3. The minimum absolute atomic E-state index is 0.0547. The fourth-order valence-corrected chi connectivity index (χ4v) is 2.68. The van der Waals surface area contributed by atoms with E-state index in [0.717, 1.165) is 11.1 Å². The molecule has 3 aromatic rings. The molecule has 0 fully saturated rings. The van der Waals surface area contributed by atoms with E-state index in [1.807, 2.05) is 42.5 Å². The number of carbonyl (C=O) groups excluding carboxylic acids is 1. The van der Waals surface area contributed by atoms with Crippen molar-refractivity contribution < 1.29 is 13.9 Å². The number of carbonyl (C=O) groups is 1. The Hall–Kier alpha value is -2.88. The number of ether oxygens (including phenoxy) is 1. The van der Waals surface area contributed by atoms with Gasteiger partial charge in [0.1, 0.15) is 0 Å². The summed E-state index contributed by atoms with van der Waals surface area (Å²) in [5.41, 5.74) is 3.08. The van der Waals surface area contributed by atoms with Crippen LogP contribution in [0.5, 0.6) is 0 Å². The van der Waals surface area contributed by atoms with E-state index < -0.39 is 5.97 Å². The minimum Gasteiger partial charge on any atom is -0.461 e. The van der Waals surface area contributed by atoms with Crippen LogP contribution < -0.4 is 0 Å². The molecule has 0 saturated carbocycles. The van der Waals surface area contributed by atoms with Crippen molar-refractivity contribution in [3.63, 3.8) is 0 Å². The molecule has 3 rings (SSSR count). The van der Waals surface area contributed by atoms with Gasteiger partial charge in [-0.15, -0.1) is 0 Å². The van der Waals surface area contributed by atoms with Crippen molar-refractivity contribution >= 4 is 5.97 Å². The van der Waals surface area contributed by atoms with Gasteiger partial charge in [-0.05, 0) is 30.0 Å². The molecule has 0 radical (unpaired) electrons. The number of oxazole rings is 1. The van der Waals surface area contributed by atoms with Crippen LogP contribution in [0.25, 0.3) is 22.8 Å². The molecule has 0 aliphatic heterocycles. The number of esters is 1. The Morgan fingerprint density at radius 2 is 1.65 bits per heavy atom. The first-order valence-electron chi connectivity index (χ1n) is 8.74. The molecule has 1 aromatic heterocycles. The van der Waals surface area contributed by atoms with E-state index in [-0.39, 0.29) is 17.7 Å². The number of aromatic nitrogens is 1. The molecule has 0 saturated heterocycles. The van der Waals surface area contributed by atoms with Crippen LogP contribution in [0.3, 0.4) is 0 Å². The van der Waals surface area contributed by atoms with Gasteiger partial charge in [0, 0.05) is 11.1 Å². The quantitative estimate of drug-likeness (QED) is 0.585. The summed E-state index contributed by atoms with van der Waals surface area (Å²) in [4.78, 5) is 16.8. The van der Waals surface area contributed by atoms with Crippen LogP contribution in [0.1, 0.15) is 43.7 Å². The Morgan fingerprint density at radius 3 is 2.23 bits per heavy atom. The Bertz CT molecular complexity index is 887. The van der Waals surface area contributed by atoms with Crippen LogP contribution in [0.15, 0.2) is 59.0 Å². The second kappa shape index (κ2) is 7.16. The van der Waals surface area contributed by atoms with Crippen LogP contribution in [-0.4, -0.2) is 17.6 Å². The van der Waals surface area contributed by atoms with Crippen LogP contribution in [0, 0.1) is 0 Å². The number of hydrogen-bond donors (Lipinski definition) is 0. The van der Waals surface area contributed by atoms with E-state index in [0.29, 0.717) is 11.7 Å². The van der Waals surface area contributed by atoms with Gasteiger partial charge in [-0.25, -0.2) is 9.78 Å². The zero-order chi connectivity index (χ0) is 18.7. The van der Waals surface area contributed by atoms with Crippen molar-refractivity contribution in [2.45, 2.75) is 33.1 Å². The van der Waals surface area contributed by atoms with Crippen LogP contribution in [-0.2, 0) is 10.2 Å². The lowest BCUT2D eigenvalue weighted by atomic mass is 9.86. The number of nitrogens with zero attached hydrogens (tertiary/aromatic N) is 1. The number of benzene rings is 2. The number of hydrogen-bond acceptors (Lipinski definition) is 4. The maximum Gasteiger partial charge on any atom is 0.361 e. The lowest BCUT2D eigenvalue weighted by Gasteiger charge is -2.18. The van der Waals surface area contributed by atoms with Crippen molar-refractivity contribution in [3.05, 3.63) is 65.9 Å². The first-order chi connectivity index (χ1) is 12.4. The highest BCUT2D eigenvalue weighted by atomic mass is 16.5. The molecule has 0 aliphatic carbocycles. The average molecular weight is 349 g/mol. The van der Waals surface area contributed by atoms with Gasteiger partial charge in [-0.1, -0.05) is 63.2 Å². The second-order valence-corrected chi connectivity index (χ2v) is 7.11. The molecule has 4 heteroatoms. The normalized spacial score (nSPS) is 11.4. The predicted octanol–water partition coefficient (Wildman–Crippen LogP) is 5.48. The molecule has 1 heterocycles. The van der Waals surface area contributed by atoms with Gasteiger partial charge < -0.3 is 9.15 Å². The Kier molecular flexibility index (Phi) is 4.94. The first-order valence-corrected chi connectivity index (χ1v) is 8.74.